The molecule has 0 N–H and O–H groups in total. The summed E-state index contributed by atoms with van der Waals surface area (Å²) in [6.45, 7) is 3.79. The number of imidazole rings is 1. The van der Waals surface area contributed by atoms with Gasteiger partial charge in [0, 0.05) is 6.61 Å². The zero-order valence-electron chi connectivity index (χ0n) is 7.26. The lowest BCUT2D eigenvalue weighted by molar-refractivity contribution is -0.0597. The normalized spacial score (nSPS) is 21.6. The zero-order chi connectivity index (χ0) is 9.42. The molecule has 1 aliphatic rings. The van der Waals surface area contributed by atoms with Crippen LogP contribution in [0.1, 0.15) is 12.2 Å². The van der Waals surface area contributed by atoms with Gasteiger partial charge >= 0.3 is 0 Å². The number of aryl methyl sites for hydroxylation is 1. The molecule has 13 heavy (non-hydrogen) atoms. The van der Waals surface area contributed by atoms with Crippen LogP contribution in [0.5, 0.6) is 0 Å². The van der Waals surface area contributed by atoms with E-state index < -0.39 is 0 Å². The molecule has 0 spiro atoms. The Morgan fingerprint density at radius 2 is 2.31 bits per heavy atom. The highest BCUT2D eigenvalue weighted by Crippen LogP contribution is 2.25. The Labute approximate surface area is 93.7 Å². The molecule has 3 nitrogen and oxygen atoms in total. The zero-order valence-corrected chi connectivity index (χ0v) is 10.4. The van der Waals surface area contributed by atoms with Crippen molar-refractivity contribution in [2.75, 3.05) is 6.61 Å². The third kappa shape index (κ3) is 1.82. The molecule has 1 unspecified atom stereocenters. The van der Waals surface area contributed by atoms with Crippen molar-refractivity contribution in [2.45, 2.75) is 26.0 Å². The average Bonchev–Trinajstić information content (AvgIpc) is 2.21. The summed E-state index contributed by atoms with van der Waals surface area (Å²) in [7, 11) is 0. The Kier molecular flexibility index (Phi) is 2.76. The maximum Gasteiger partial charge on any atom is 0.139 e. The summed E-state index contributed by atoms with van der Waals surface area (Å²) in [6, 6.07) is 0. The predicted molar refractivity (Wildman–Crippen MR) is 56.7 cm³/mol. The van der Waals surface area contributed by atoms with Crippen LogP contribution in [0.15, 0.2) is 9.21 Å². The topological polar surface area (TPSA) is 27.1 Å². The van der Waals surface area contributed by atoms with Gasteiger partial charge in [0.25, 0.3) is 0 Å². The number of rotatable bonds is 2. The number of halogens is 2. The lowest BCUT2D eigenvalue weighted by Crippen LogP contribution is -2.31. The minimum atomic E-state index is 0.371. The van der Waals surface area contributed by atoms with E-state index in [9.17, 15) is 0 Å². The van der Waals surface area contributed by atoms with Crippen LogP contribution in [-0.4, -0.2) is 22.3 Å². The van der Waals surface area contributed by atoms with Crippen molar-refractivity contribution in [3.8, 4) is 0 Å². The van der Waals surface area contributed by atoms with Gasteiger partial charge in [-0.1, -0.05) is 0 Å². The van der Waals surface area contributed by atoms with Gasteiger partial charge in [0.15, 0.2) is 0 Å². The van der Waals surface area contributed by atoms with Crippen LogP contribution in [-0.2, 0) is 11.3 Å². The molecule has 1 aromatic rings. The largest absolute Gasteiger partial charge is 0.376 e. The second-order valence-corrected chi connectivity index (χ2v) is 4.63. The summed E-state index contributed by atoms with van der Waals surface area (Å²) in [4.78, 5) is 4.30. The molecule has 0 aliphatic carbocycles. The lowest BCUT2D eigenvalue weighted by Gasteiger charge is -2.27. The first-order valence-corrected chi connectivity index (χ1v) is 5.77. The standard InChI is InChI=1S/C8H10Br2N2O/c1-5-11-7(9)8(10)12(5)4-6-2-3-13-6/h6H,2-4H2,1H3. The molecule has 0 amide bonds. The van der Waals surface area contributed by atoms with Gasteiger partial charge in [0.2, 0.25) is 0 Å². The molecule has 0 saturated carbocycles. The van der Waals surface area contributed by atoms with E-state index in [0.29, 0.717) is 6.10 Å². The van der Waals surface area contributed by atoms with E-state index in [2.05, 4.69) is 41.4 Å². The molecule has 0 aromatic carbocycles. The molecule has 0 radical (unpaired) electrons. The number of aromatic nitrogens is 2. The van der Waals surface area contributed by atoms with Crippen molar-refractivity contribution in [3.05, 3.63) is 15.0 Å². The second kappa shape index (κ2) is 3.71. The Morgan fingerprint density at radius 1 is 1.62 bits per heavy atom. The lowest BCUT2D eigenvalue weighted by atomic mass is 10.2. The Hall–Kier alpha value is 0.130. The Bertz CT molecular complexity index is 320. The van der Waals surface area contributed by atoms with Gasteiger partial charge in [-0.2, -0.15) is 0 Å². The van der Waals surface area contributed by atoms with E-state index in [0.717, 1.165) is 34.6 Å². The summed E-state index contributed by atoms with van der Waals surface area (Å²) in [5, 5.41) is 0. The van der Waals surface area contributed by atoms with E-state index in [1.54, 1.807) is 0 Å². The summed E-state index contributed by atoms with van der Waals surface area (Å²) >= 11 is 6.86. The number of nitrogens with zero attached hydrogens (tertiary/aromatic N) is 2. The highest BCUT2D eigenvalue weighted by molar-refractivity contribution is 9.13. The first kappa shape index (κ1) is 9.68. The third-order valence-corrected chi connectivity index (χ3v) is 4.13. The Balaban J connectivity index is 2.17. The number of hydrogen-bond donors (Lipinski definition) is 0. The highest BCUT2D eigenvalue weighted by Gasteiger charge is 2.21. The second-order valence-electron chi connectivity index (χ2n) is 3.13. The fourth-order valence-corrected chi connectivity index (χ4v) is 2.31. The van der Waals surface area contributed by atoms with Gasteiger partial charge < -0.3 is 9.30 Å². The van der Waals surface area contributed by atoms with Crippen molar-refractivity contribution in [3.63, 3.8) is 0 Å². The van der Waals surface area contributed by atoms with Gasteiger partial charge in [0.1, 0.15) is 15.0 Å². The van der Waals surface area contributed by atoms with E-state index in [-0.39, 0.29) is 0 Å². The van der Waals surface area contributed by atoms with Crippen LogP contribution in [0.25, 0.3) is 0 Å². The highest BCUT2D eigenvalue weighted by atomic mass is 79.9. The number of hydrogen-bond acceptors (Lipinski definition) is 2. The molecule has 72 valence electrons. The minimum Gasteiger partial charge on any atom is -0.376 e. The molecule has 1 aromatic heterocycles. The number of ether oxygens (including phenoxy) is 1. The summed E-state index contributed by atoms with van der Waals surface area (Å²) in [6.07, 6.45) is 1.53. The third-order valence-electron chi connectivity index (χ3n) is 2.24. The van der Waals surface area contributed by atoms with Gasteiger partial charge in [-0.05, 0) is 45.2 Å². The SMILES string of the molecule is Cc1nc(Br)c(Br)n1CC1CCO1. The van der Waals surface area contributed by atoms with Crippen molar-refractivity contribution < 1.29 is 4.74 Å². The maximum absolute atomic E-state index is 5.37. The molecule has 1 fully saturated rings. The van der Waals surface area contributed by atoms with Crippen molar-refractivity contribution in [2.24, 2.45) is 0 Å². The van der Waals surface area contributed by atoms with Crippen LogP contribution < -0.4 is 0 Å². The minimum absolute atomic E-state index is 0.371. The monoisotopic (exact) mass is 308 g/mol. The van der Waals surface area contributed by atoms with Gasteiger partial charge in [0.05, 0.1) is 12.6 Å². The average molecular weight is 310 g/mol. The summed E-state index contributed by atoms with van der Waals surface area (Å²) < 4.78 is 9.35. The molecule has 5 heteroatoms. The molecule has 2 heterocycles. The first-order valence-electron chi connectivity index (χ1n) is 4.18. The molecule has 0 bridgehead atoms. The van der Waals surface area contributed by atoms with Crippen LogP contribution in [0.3, 0.4) is 0 Å². The smallest absolute Gasteiger partial charge is 0.139 e. The van der Waals surface area contributed by atoms with Crippen molar-refractivity contribution in [1.29, 1.82) is 0 Å². The van der Waals surface area contributed by atoms with Crippen molar-refractivity contribution in [1.82, 2.24) is 9.55 Å². The van der Waals surface area contributed by atoms with Gasteiger partial charge in [-0.25, -0.2) is 4.98 Å². The van der Waals surface area contributed by atoms with E-state index >= 15 is 0 Å². The first-order chi connectivity index (χ1) is 6.18. The van der Waals surface area contributed by atoms with Crippen LogP contribution in [0.4, 0.5) is 0 Å². The summed E-state index contributed by atoms with van der Waals surface area (Å²) in [5.74, 6) is 1.01. The van der Waals surface area contributed by atoms with E-state index in [1.807, 2.05) is 6.92 Å². The molecular formula is C8H10Br2N2O. The van der Waals surface area contributed by atoms with Gasteiger partial charge in [-0.15, -0.1) is 0 Å². The molecule has 1 aliphatic heterocycles. The summed E-state index contributed by atoms with van der Waals surface area (Å²) in [5.41, 5.74) is 0. The fraction of sp³-hybridized carbons (Fsp3) is 0.625. The van der Waals surface area contributed by atoms with Crippen LogP contribution in [0, 0.1) is 6.92 Å². The van der Waals surface area contributed by atoms with Crippen LogP contribution in [0.2, 0.25) is 0 Å². The van der Waals surface area contributed by atoms with E-state index in [4.69, 9.17) is 4.74 Å². The van der Waals surface area contributed by atoms with Gasteiger partial charge in [-0.3, -0.25) is 0 Å². The van der Waals surface area contributed by atoms with E-state index in [1.165, 1.54) is 0 Å². The fourth-order valence-electron chi connectivity index (χ4n) is 1.35. The van der Waals surface area contributed by atoms with Crippen molar-refractivity contribution >= 4 is 31.9 Å². The quantitative estimate of drug-likeness (QED) is 0.839. The predicted octanol–water partition coefficient (Wildman–Crippen LogP) is 2.51. The molecule has 1 atom stereocenters. The molecular weight excluding hydrogens is 300 g/mol. The van der Waals surface area contributed by atoms with Crippen LogP contribution >= 0.6 is 31.9 Å². The molecule has 2 rings (SSSR count). The maximum atomic E-state index is 5.37. The Morgan fingerprint density at radius 3 is 2.69 bits per heavy atom. The molecule has 1 saturated heterocycles.